The molecule has 1 nitrogen and oxygen atoms in total. The van der Waals surface area contributed by atoms with Crippen LogP contribution in [-0.2, 0) is 0 Å². The van der Waals surface area contributed by atoms with Crippen LogP contribution >= 0.6 is 12.4 Å². The van der Waals surface area contributed by atoms with Gasteiger partial charge >= 0.3 is 0 Å². The second-order valence-corrected chi connectivity index (χ2v) is 5.70. The summed E-state index contributed by atoms with van der Waals surface area (Å²) in [7, 11) is 4.23. The molecule has 0 aliphatic rings. The molecule has 0 N–H and O–H groups in total. The van der Waals surface area contributed by atoms with E-state index in [-0.39, 0.29) is 12.4 Å². The fraction of sp³-hybridized carbons (Fsp3) is 0.882. The Labute approximate surface area is 128 Å². The molecule has 0 unspecified atom stereocenters. The molecule has 0 aliphatic carbocycles. The van der Waals surface area contributed by atoms with E-state index >= 15 is 0 Å². The average Bonchev–Trinajstić information content (AvgIpc) is 2.34. The van der Waals surface area contributed by atoms with Crippen molar-refractivity contribution in [3.05, 3.63) is 12.2 Å². The SMILES string of the molecule is CCCCCCCCCCCCC=CCN(C)C.Cl. The molecule has 0 amide bonds. The van der Waals surface area contributed by atoms with Crippen molar-refractivity contribution in [1.82, 2.24) is 4.90 Å². The zero-order valence-corrected chi connectivity index (χ0v) is 14.3. The maximum Gasteiger partial charge on any atom is 0.0157 e. The van der Waals surface area contributed by atoms with Crippen molar-refractivity contribution in [2.24, 2.45) is 0 Å². The summed E-state index contributed by atoms with van der Waals surface area (Å²) in [6, 6.07) is 0. The monoisotopic (exact) mass is 289 g/mol. The summed E-state index contributed by atoms with van der Waals surface area (Å²) in [6.07, 6.45) is 20.2. The summed E-state index contributed by atoms with van der Waals surface area (Å²) >= 11 is 0. The molecule has 0 bridgehead atoms. The van der Waals surface area contributed by atoms with Crippen LogP contribution in [0.3, 0.4) is 0 Å². The number of halogens is 1. The van der Waals surface area contributed by atoms with Gasteiger partial charge in [-0.05, 0) is 26.9 Å². The molecule has 0 heterocycles. The predicted molar refractivity (Wildman–Crippen MR) is 91.4 cm³/mol. The van der Waals surface area contributed by atoms with E-state index < -0.39 is 0 Å². The van der Waals surface area contributed by atoms with Crippen LogP contribution < -0.4 is 0 Å². The Morgan fingerprint density at radius 2 is 1.16 bits per heavy atom. The van der Waals surface area contributed by atoms with Crippen LogP contribution in [0.2, 0.25) is 0 Å². The first-order valence-corrected chi connectivity index (χ1v) is 8.07. The largest absolute Gasteiger partial charge is 0.306 e. The number of unbranched alkanes of at least 4 members (excludes halogenated alkanes) is 10. The molecule has 0 aromatic carbocycles. The number of nitrogens with zero attached hydrogens (tertiary/aromatic N) is 1. The maximum absolute atomic E-state index is 2.34. The summed E-state index contributed by atoms with van der Waals surface area (Å²) < 4.78 is 0. The second-order valence-electron chi connectivity index (χ2n) is 5.70. The third kappa shape index (κ3) is 20.5. The lowest BCUT2D eigenvalue weighted by atomic mass is 10.1. The van der Waals surface area contributed by atoms with Gasteiger partial charge in [-0.25, -0.2) is 0 Å². The zero-order valence-electron chi connectivity index (χ0n) is 13.5. The van der Waals surface area contributed by atoms with Crippen LogP contribution in [0.15, 0.2) is 12.2 Å². The number of hydrogen-bond donors (Lipinski definition) is 0. The minimum absolute atomic E-state index is 0. The van der Waals surface area contributed by atoms with Gasteiger partial charge in [-0.3, -0.25) is 0 Å². The van der Waals surface area contributed by atoms with Crippen LogP contribution in [-0.4, -0.2) is 25.5 Å². The summed E-state index contributed by atoms with van der Waals surface area (Å²) in [4.78, 5) is 2.20. The van der Waals surface area contributed by atoms with Gasteiger partial charge in [0, 0.05) is 6.54 Å². The highest BCUT2D eigenvalue weighted by Gasteiger charge is 1.91. The van der Waals surface area contributed by atoms with Crippen molar-refractivity contribution in [2.45, 2.75) is 77.6 Å². The highest BCUT2D eigenvalue weighted by molar-refractivity contribution is 5.85. The Balaban J connectivity index is 0. The molecule has 116 valence electrons. The molecular weight excluding hydrogens is 254 g/mol. The van der Waals surface area contributed by atoms with Gasteiger partial charge in [-0.15, -0.1) is 12.4 Å². The Hall–Kier alpha value is -0.0100. The van der Waals surface area contributed by atoms with E-state index in [1.54, 1.807) is 0 Å². The van der Waals surface area contributed by atoms with Crippen molar-refractivity contribution in [1.29, 1.82) is 0 Å². The van der Waals surface area contributed by atoms with Gasteiger partial charge in [0.25, 0.3) is 0 Å². The minimum Gasteiger partial charge on any atom is -0.306 e. The van der Waals surface area contributed by atoms with Crippen molar-refractivity contribution >= 4 is 12.4 Å². The standard InChI is InChI=1S/C17H35N.ClH/c1-4-5-6-7-8-9-10-11-12-13-14-15-16-17-18(2)3;/h15-16H,4-14,17H2,1-3H3;1H. The third-order valence-electron chi connectivity index (χ3n) is 3.36. The molecular formula is C17H36ClN. The second kappa shape index (κ2) is 18.0. The highest BCUT2D eigenvalue weighted by atomic mass is 35.5. The normalized spacial score (nSPS) is 11.2. The molecule has 0 radical (unpaired) electrons. The Morgan fingerprint density at radius 1 is 0.684 bits per heavy atom. The maximum atomic E-state index is 2.34. The molecule has 0 saturated heterocycles. The summed E-state index contributed by atoms with van der Waals surface area (Å²) in [5.41, 5.74) is 0. The lowest BCUT2D eigenvalue weighted by Gasteiger charge is -2.03. The van der Waals surface area contributed by atoms with Crippen LogP contribution in [0.1, 0.15) is 77.6 Å². The first-order valence-electron chi connectivity index (χ1n) is 8.07. The summed E-state index contributed by atoms with van der Waals surface area (Å²) in [5.74, 6) is 0. The van der Waals surface area contributed by atoms with E-state index in [0.29, 0.717) is 0 Å². The molecule has 0 spiro atoms. The predicted octanol–water partition coefficient (Wildman–Crippen LogP) is 5.84. The zero-order chi connectivity index (χ0) is 13.5. The Kier molecular flexibility index (Phi) is 20.2. The van der Waals surface area contributed by atoms with Crippen LogP contribution in [0, 0.1) is 0 Å². The topological polar surface area (TPSA) is 3.24 Å². The van der Waals surface area contributed by atoms with Gasteiger partial charge < -0.3 is 4.90 Å². The molecule has 0 rings (SSSR count). The van der Waals surface area contributed by atoms with Crippen molar-refractivity contribution in [3.63, 3.8) is 0 Å². The molecule has 0 saturated carbocycles. The van der Waals surface area contributed by atoms with Crippen molar-refractivity contribution in [3.8, 4) is 0 Å². The Bertz CT molecular complexity index is 178. The van der Waals surface area contributed by atoms with E-state index in [1.165, 1.54) is 70.6 Å². The molecule has 0 aromatic heterocycles. The number of rotatable bonds is 13. The van der Waals surface area contributed by atoms with E-state index in [9.17, 15) is 0 Å². The fourth-order valence-electron chi connectivity index (χ4n) is 2.15. The van der Waals surface area contributed by atoms with Gasteiger partial charge in [0.1, 0.15) is 0 Å². The molecule has 19 heavy (non-hydrogen) atoms. The molecule has 0 fully saturated rings. The van der Waals surface area contributed by atoms with Crippen molar-refractivity contribution < 1.29 is 0 Å². The lowest BCUT2D eigenvalue weighted by Crippen LogP contribution is -2.10. The molecule has 0 aromatic rings. The van der Waals surface area contributed by atoms with E-state index in [4.69, 9.17) is 0 Å². The minimum atomic E-state index is 0. The van der Waals surface area contributed by atoms with E-state index in [0.717, 1.165) is 6.54 Å². The lowest BCUT2D eigenvalue weighted by molar-refractivity contribution is 0.456. The third-order valence-corrected chi connectivity index (χ3v) is 3.36. The van der Waals surface area contributed by atoms with Gasteiger partial charge in [0.05, 0.1) is 0 Å². The molecule has 0 atom stereocenters. The van der Waals surface area contributed by atoms with Crippen molar-refractivity contribution in [2.75, 3.05) is 20.6 Å². The number of likely N-dealkylation sites (N-methyl/N-ethyl adjacent to an activating group) is 1. The van der Waals surface area contributed by atoms with Gasteiger partial charge in [-0.2, -0.15) is 0 Å². The van der Waals surface area contributed by atoms with Crippen LogP contribution in [0.5, 0.6) is 0 Å². The average molecular weight is 290 g/mol. The van der Waals surface area contributed by atoms with Crippen LogP contribution in [0.4, 0.5) is 0 Å². The first kappa shape index (κ1) is 21.3. The van der Waals surface area contributed by atoms with Gasteiger partial charge in [0.2, 0.25) is 0 Å². The molecule has 2 heteroatoms. The first-order chi connectivity index (χ1) is 8.77. The van der Waals surface area contributed by atoms with Gasteiger partial charge in [-0.1, -0.05) is 76.9 Å². The summed E-state index contributed by atoms with van der Waals surface area (Å²) in [5, 5.41) is 0. The quantitative estimate of drug-likeness (QED) is 0.304. The van der Waals surface area contributed by atoms with E-state index in [1.807, 2.05) is 0 Å². The number of allylic oxidation sites excluding steroid dienone is 1. The smallest absolute Gasteiger partial charge is 0.0157 e. The summed E-state index contributed by atoms with van der Waals surface area (Å²) in [6.45, 7) is 3.37. The highest BCUT2D eigenvalue weighted by Crippen LogP contribution is 2.11. The molecule has 0 aliphatic heterocycles. The van der Waals surface area contributed by atoms with E-state index in [2.05, 4.69) is 38.1 Å². The fourth-order valence-corrected chi connectivity index (χ4v) is 2.15. The van der Waals surface area contributed by atoms with Crippen LogP contribution in [0.25, 0.3) is 0 Å². The Morgan fingerprint density at radius 3 is 1.63 bits per heavy atom. The van der Waals surface area contributed by atoms with Gasteiger partial charge in [0.15, 0.2) is 0 Å². The number of hydrogen-bond acceptors (Lipinski definition) is 1.